The summed E-state index contributed by atoms with van der Waals surface area (Å²) in [5.41, 5.74) is 0.397. The van der Waals surface area contributed by atoms with Crippen molar-refractivity contribution >= 4 is 22.6 Å². The van der Waals surface area contributed by atoms with Crippen LogP contribution in [0.5, 0.6) is 0 Å². The van der Waals surface area contributed by atoms with Gasteiger partial charge in [0.1, 0.15) is 0 Å². The molecule has 1 spiro atoms. The highest BCUT2D eigenvalue weighted by molar-refractivity contribution is 14.1. The molecule has 1 heterocycles. The van der Waals surface area contributed by atoms with Gasteiger partial charge in [0.25, 0.3) is 0 Å². The first-order chi connectivity index (χ1) is 4.85. The first kappa shape index (κ1) is 7.35. The molecule has 2 aliphatic rings. The molecule has 1 nitrogen and oxygen atoms in total. The number of hydrogen-bond acceptors (Lipinski definition) is 1. The van der Waals surface area contributed by atoms with Gasteiger partial charge in [0.2, 0.25) is 0 Å². The van der Waals surface area contributed by atoms with Crippen LogP contribution in [0.15, 0.2) is 0 Å². The van der Waals surface area contributed by atoms with E-state index in [9.17, 15) is 0 Å². The summed E-state index contributed by atoms with van der Waals surface area (Å²) in [4.78, 5) is 0. The van der Waals surface area contributed by atoms with Crippen molar-refractivity contribution in [2.24, 2.45) is 0 Å². The third kappa shape index (κ3) is 1.33. The lowest BCUT2D eigenvalue weighted by atomic mass is 10.0. The van der Waals surface area contributed by atoms with E-state index in [2.05, 4.69) is 22.6 Å². The molecule has 2 fully saturated rings. The van der Waals surface area contributed by atoms with Gasteiger partial charge in [-0.05, 0) is 32.1 Å². The Morgan fingerprint density at radius 2 is 2.20 bits per heavy atom. The van der Waals surface area contributed by atoms with Crippen LogP contribution in [-0.4, -0.2) is 16.1 Å². The summed E-state index contributed by atoms with van der Waals surface area (Å²) >= 11 is 2.43. The zero-order chi connectivity index (χ0) is 7.03. The second-order valence-electron chi connectivity index (χ2n) is 3.47. The Balaban J connectivity index is 1.91. The summed E-state index contributed by atoms with van der Waals surface area (Å²) in [6.07, 6.45) is 7.27. The van der Waals surface area contributed by atoms with E-state index >= 15 is 0 Å². The van der Waals surface area contributed by atoms with Crippen LogP contribution < -0.4 is 0 Å². The molecule has 0 bridgehead atoms. The molecule has 0 aromatic rings. The number of rotatable bonds is 1. The molecule has 58 valence electrons. The zero-order valence-corrected chi connectivity index (χ0v) is 8.26. The molecule has 0 aromatic carbocycles. The van der Waals surface area contributed by atoms with Gasteiger partial charge >= 0.3 is 0 Å². The van der Waals surface area contributed by atoms with Gasteiger partial charge in [-0.3, -0.25) is 0 Å². The monoisotopic (exact) mass is 252 g/mol. The van der Waals surface area contributed by atoms with E-state index < -0.39 is 0 Å². The fourth-order valence-electron chi connectivity index (χ4n) is 1.74. The molecular weight excluding hydrogens is 239 g/mol. The summed E-state index contributed by atoms with van der Waals surface area (Å²) in [5.74, 6) is 0. The van der Waals surface area contributed by atoms with E-state index in [0.29, 0.717) is 11.7 Å². The average Bonchev–Trinajstić information content (AvgIpc) is 2.70. The lowest BCUT2D eigenvalue weighted by Crippen LogP contribution is -2.29. The van der Waals surface area contributed by atoms with Crippen molar-refractivity contribution in [1.82, 2.24) is 0 Å². The molecule has 2 rings (SSSR count). The smallest absolute Gasteiger partial charge is 0.0688 e. The summed E-state index contributed by atoms with van der Waals surface area (Å²) in [7, 11) is 0. The van der Waals surface area contributed by atoms with Crippen LogP contribution in [0.3, 0.4) is 0 Å². The maximum absolute atomic E-state index is 5.93. The van der Waals surface area contributed by atoms with Crippen molar-refractivity contribution in [2.45, 2.75) is 43.8 Å². The molecule has 0 N–H and O–H groups in total. The SMILES string of the molecule is ICC1CCCC2(CC2)O1. The van der Waals surface area contributed by atoms with E-state index in [4.69, 9.17) is 4.74 Å². The van der Waals surface area contributed by atoms with Crippen molar-refractivity contribution in [3.63, 3.8) is 0 Å². The van der Waals surface area contributed by atoms with Crippen molar-refractivity contribution < 1.29 is 4.74 Å². The molecule has 1 atom stereocenters. The Morgan fingerprint density at radius 3 is 2.80 bits per heavy atom. The zero-order valence-electron chi connectivity index (χ0n) is 6.11. The van der Waals surface area contributed by atoms with Gasteiger partial charge < -0.3 is 4.74 Å². The van der Waals surface area contributed by atoms with Gasteiger partial charge in [-0.1, -0.05) is 22.6 Å². The Labute approximate surface area is 75.7 Å². The van der Waals surface area contributed by atoms with Crippen LogP contribution in [0.4, 0.5) is 0 Å². The first-order valence-electron chi connectivity index (χ1n) is 4.08. The van der Waals surface area contributed by atoms with Gasteiger partial charge in [-0.25, -0.2) is 0 Å². The number of alkyl halides is 1. The summed E-state index contributed by atoms with van der Waals surface area (Å²) in [6, 6.07) is 0. The quantitative estimate of drug-likeness (QED) is 0.514. The highest BCUT2D eigenvalue weighted by atomic mass is 127. The van der Waals surface area contributed by atoms with E-state index in [1.807, 2.05) is 0 Å². The molecule has 10 heavy (non-hydrogen) atoms. The molecule has 1 saturated heterocycles. The third-order valence-corrected chi connectivity index (χ3v) is 3.54. The Hall–Kier alpha value is 0.690. The minimum absolute atomic E-state index is 0.397. The highest BCUT2D eigenvalue weighted by Crippen LogP contribution is 2.48. The van der Waals surface area contributed by atoms with Crippen LogP contribution in [0.2, 0.25) is 0 Å². The van der Waals surface area contributed by atoms with Gasteiger partial charge in [0.05, 0.1) is 11.7 Å². The fraction of sp³-hybridized carbons (Fsp3) is 1.00. The summed E-state index contributed by atoms with van der Waals surface area (Å²) in [6.45, 7) is 0. The normalized spacial score (nSPS) is 36.3. The van der Waals surface area contributed by atoms with Gasteiger partial charge in [0.15, 0.2) is 0 Å². The molecule has 2 heteroatoms. The molecule has 1 unspecified atom stereocenters. The van der Waals surface area contributed by atoms with Crippen LogP contribution in [0.1, 0.15) is 32.1 Å². The Morgan fingerprint density at radius 1 is 1.40 bits per heavy atom. The molecule has 1 aliphatic heterocycles. The summed E-state index contributed by atoms with van der Waals surface area (Å²) < 4.78 is 7.11. The maximum Gasteiger partial charge on any atom is 0.0688 e. The Kier molecular flexibility index (Phi) is 1.93. The first-order valence-corrected chi connectivity index (χ1v) is 5.61. The average molecular weight is 252 g/mol. The van der Waals surface area contributed by atoms with Crippen LogP contribution in [0, 0.1) is 0 Å². The molecule has 1 saturated carbocycles. The fourth-order valence-corrected chi connectivity index (χ4v) is 2.36. The van der Waals surface area contributed by atoms with E-state index in [1.165, 1.54) is 36.5 Å². The maximum atomic E-state index is 5.93. The number of ether oxygens (including phenoxy) is 1. The Bertz CT molecular complexity index is 131. The lowest BCUT2D eigenvalue weighted by molar-refractivity contribution is -0.0538. The van der Waals surface area contributed by atoms with Gasteiger partial charge in [0, 0.05) is 4.43 Å². The second kappa shape index (κ2) is 2.63. The van der Waals surface area contributed by atoms with Crippen LogP contribution in [0.25, 0.3) is 0 Å². The van der Waals surface area contributed by atoms with Crippen LogP contribution in [-0.2, 0) is 4.74 Å². The minimum atomic E-state index is 0.397. The van der Waals surface area contributed by atoms with Crippen LogP contribution >= 0.6 is 22.6 Å². The van der Waals surface area contributed by atoms with Crippen molar-refractivity contribution in [2.75, 3.05) is 4.43 Å². The minimum Gasteiger partial charge on any atom is -0.371 e. The topological polar surface area (TPSA) is 9.23 Å². The van der Waals surface area contributed by atoms with E-state index in [1.54, 1.807) is 0 Å². The largest absolute Gasteiger partial charge is 0.371 e. The van der Waals surface area contributed by atoms with Crippen molar-refractivity contribution in [3.8, 4) is 0 Å². The van der Waals surface area contributed by atoms with Gasteiger partial charge in [-0.2, -0.15) is 0 Å². The van der Waals surface area contributed by atoms with Crippen molar-refractivity contribution in [3.05, 3.63) is 0 Å². The second-order valence-corrected chi connectivity index (χ2v) is 4.35. The number of hydrogen-bond donors (Lipinski definition) is 0. The highest BCUT2D eigenvalue weighted by Gasteiger charge is 2.46. The lowest BCUT2D eigenvalue weighted by Gasteiger charge is -2.28. The number of halogens is 1. The van der Waals surface area contributed by atoms with Crippen molar-refractivity contribution in [1.29, 1.82) is 0 Å². The third-order valence-electron chi connectivity index (χ3n) is 2.55. The molecular formula is C8H13IO. The molecule has 0 radical (unpaired) electrons. The molecule has 0 aromatic heterocycles. The van der Waals surface area contributed by atoms with E-state index in [-0.39, 0.29) is 0 Å². The molecule has 1 aliphatic carbocycles. The molecule has 0 amide bonds. The standard InChI is InChI=1S/C8H13IO/c9-6-7-2-1-3-8(10-7)4-5-8/h7H,1-6H2. The van der Waals surface area contributed by atoms with Gasteiger partial charge in [-0.15, -0.1) is 0 Å². The van der Waals surface area contributed by atoms with E-state index in [0.717, 1.165) is 0 Å². The predicted molar refractivity (Wildman–Crippen MR) is 49.6 cm³/mol. The predicted octanol–water partition coefficient (Wildman–Crippen LogP) is 2.52. The summed E-state index contributed by atoms with van der Waals surface area (Å²) in [5, 5.41) is 0.